The van der Waals surface area contributed by atoms with Crippen LogP contribution in [0.2, 0.25) is 5.02 Å². The minimum absolute atomic E-state index is 0.226. The molecule has 0 spiro atoms. The van der Waals surface area contributed by atoms with E-state index in [0.717, 1.165) is 43.3 Å². The van der Waals surface area contributed by atoms with Gasteiger partial charge in [0.2, 0.25) is 5.89 Å². The van der Waals surface area contributed by atoms with Crippen LogP contribution in [0.1, 0.15) is 17.6 Å². The molecule has 130 valence electrons. The minimum atomic E-state index is 0.226. The lowest BCUT2D eigenvalue weighted by Gasteiger charge is -2.35. The van der Waals surface area contributed by atoms with Gasteiger partial charge in [0.05, 0.1) is 11.7 Å². The van der Waals surface area contributed by atoms with Crippen LogP contribution in [-0.2, 0) is 13.6 Å². The molecule has 1 unspecified atom stereocenters. The molecular formula is C18H20ClN5O. The third-order valence-electron chi connectivity index (χ3n) is 4.52. The van der Waals surface area contributed by atoms with Crippen molar-refractivity contribution in [1.82, 2.24) is 24.8 Å². The van der Waals surface area contributed by atoms with Gasteiger partial charge in [-0.2, -0.15) is 0 Å². The number of oxazole rings is 1. The van der Waals surface area contributed by atoms with Crippen LogP contribution in [0.25, 0.3) is 11.5 Å². The maximum atomic E-state index is 5.94. The molecule has 0 radical (unpaired) electrons. The topological polar surface area (TPSA) is 59.1 Å². The largest absolute Gasteiger partial charge is 0.444 e. The van der Waals surface area contributed by atoms with Gasteiger partial charge in [-0.25, -0.2) is 9.97 Å². The SMILES string of the molecule is Cn1ccnc1C1CNCCN1Cc1coc(-c2ccc(Cl)cc2)n1. The van der Waals surface area contributed by atoms with Crippen molar-refractivity contribution in [3.05, 3.63) is 59.5 Å². The molecule has 0 saturated carbocycles. The van der Waals surface area contributed by atoms with Gasteiger partial charge in [0.15, 0.2) is 0 Å². The molecule has 1 aromatic carbocycles. The van der Waals surface area contributed by atoms with E-state index in [1.165, 1.54) is 0 Å². The molecule has 2 aromatic heterocycles. The molecule has 0 bridgehead atoms. The Morgan fingerprint density at radius 1 is 1.32 bits per heavy atom. The van der Waals surface area contributed by atoms with Gasteiger partial charge in [-0.3, -0.25) is 4.90 Å². The molecule has 1 aliphatic rings. The quantitative estimate of drug-likeness (QED) is 0.778. The van der Waals surface area contributed by atoms with E-state index < -0.39 is 0 Å². The van der Waals surface area contributed by atoms with Gasteiger partial charge < -0.3 is 14.3 Å². The lowest BCUT2D eigenvalue weighted by Crippen LogP contribution is -2.46. The summed E-state index contributed by atoms with van der Waals surface area (Å²) in [5, 5.41) is 4.15. The van der Waals surface area contributed by atoms with Crippen molar-refractivity contribution in [2.45, 2.75) is 12.6 Å². The monoisotopic (exact) mass is 357 g/mol. The smallest absolute Gasteiger partial charge is 0.226 e. The number of nitrogens with one attached hydrogen (secondary N) is 1. The van der Waals surface area contributed by atoms with Crippen molar-refractivity contribution >= 4 is 11.6 Å². The van der Waals surface area contributed by atoms with Crippen LogP contribution in [0.4, 0.5) is 0 Å². The first-order chi connectivity index (χ1) is 12.2. The average molecular weight is 358 g/mol. The van der Waals surface area contributed by atoms with Crippen LogP contribution in [-0.4, -0.2) is 39.1 Å². The van der Waals surface area contributed by atoms with Crippen LogP contribution < -0.4 is 5.32 Å². The van der Waals surface area contributed by atoms with Gasteiger partial charge >= 0.3 is 0 Å². The summed E-state index contributed by atoms with van der Waals surface area (Å²) < 4.78 is 7.74. The molecule has 3 heterocycles. The van der Waals surface area contributed by atoms with E-state index in [-0.39, 0.29) is 6.04 Å². The molecule has 1 atom stereocenters. The molecule has 0 amide bonds. The third kappa shape index (κ3) is 3.46. The maximum Gasteiger partial charge on any atom is 0.226 e. The number of nitrogens with zero attached hydrogens (tertiary/aromatic N) is 4. The molecule has 4 rings (SSSR count). The molecule has 6 nitrogen and oxygen atoms in total. The summed E-state index contributed by atoms with van der Waals surface area (Å²) in [7, 11) is 2.03. The lowest BCUT2D eigenvalue weighted by molar-refractivity contribution is 0.143. The van der Waals surface area contributed by atoms with E-state index in [4.69, 9.17) is 16.0 Å². The van der Waals surface area contributed by atoms with Gasteiger partial charge in [0, 0.05) is 56.2 Å². The van der Waals surface area contributed by atoms with Crippen LogP contribution in [0, 0.1) is 0 Å². The van der Waals surface area contributed by atoms with E-state index in [1.54, 1.807) is 6.26 Å². The summed E-state index contributed by atoms with van der Waals surface area (Å²) in [4.78, 5) is 11.6. The molecule has 3 aromatic rings. The first-order valence-corrected chi connectivity index (χ1v) is 8.71. The van der Waals surface area contributed by atoms with Crippen LogP contribution >= 0.6 is 11.6 Å². The second kappa shape index (κ2) is 7.00. The lowest BCUT2D eigenvalue weighted by atomic mass is 10.1. The Morgan fingerprint density at radius 3 is 2.92 bits per heavy atom. The second-order valence-corrected chi connectivity index (χ2v) is 6.67. The highest BCUT2D eigenvalue weighted by atomic mass is 35.5. The molecule has 7 heteroatoms. The van der Waals surface area contributed by atoms with E-state index in [0.29, 0.717) is 10.9 Å². The Hall–Kier alpha value is -2.15. The standard InChI is InChI=1S/C18H20ClN5O/c1-23-8-7-21-17(23)16-10-20-6-9-24(16)11-15-12-25-18(22-15)13-2-4-14(19)5-3-13/h2-5,7-8,12,16,20H,6,9-11H2,1H3. The summed E-state index contributed by atoms with van der Waals surface area (Å²) in [6.07, 6.45) is 5.56. The van der Waals surface area contributed by atoms with Gasteiger partial charge in [-0.05, 0) is 24.3 Å². The van der Waals surface area contributed by atoms with E-state index in [9.17, 15) is 0 Å². The van der Waals surface area contributed by atoms with Crippen LogP contribution in [0.15, 0.2) is 47.3 Å². The highest BCUT2D eigenvalue weighted by Gasteiger charge is 2.27. The summed E-state index contributed by atoms with van der Waals surface area (Å²) in [6.45, 7) is 3.52. The third-order valence-corrected chi connectivity index (χ3v) is 4.77. The molecule has 1 aliphatic heterocycles. The molecule has 1 fully saturated rings. The van der Waals surface area contributed by atoms with Gasteiger partial charge in [0.25, 0.3) is 0 Å². The zero-order chi connectivity index (χ0) is 17.2. The van der Waals surface area contributed by atoms with Gasteiger partial charge in [0.1, 0.15) is 12.1 Å². The Morgan fingerprint density at radius 2 is 2.16 bits per heavy atom. The number of imidazole rings is 1. The number of aryl methyl sites for hydroxylation is 1. The molecular weight excluding hydrogens is 338 g/mol. The van der Waals surface area contributed by atoms with Crippen molar-refractivity contribution in [3.8, 4) is 11.5 Å². The van der Waals surface area contributed by atoms with E-state index >= 15 is 0 Å². The van der Waals surface area contributed by atoms with Crippen molar-refractivity contribution in [2.75, 3.05) is 19.6 Å². The fourth-order valence-electron chi connectivity index (χ4n) is 3.20. The van der Waals surface area contributed by atoms with Crippen molar-refractivity contribution in [1.29, 1.82) is 0 Å². The maximum absolute atomic E-state index is 5.94. The molecule has 25 heavy (non-hydrogen) atoms. The number of hydrogen-bond donors (Lipinski definition) is 1. The molecule has 1 N–H and O–H groups in total. The first kappa shape index (κ1) is 16.3. The first-order valence-electron chi connectivity index (χ1n) is 8.33. The fourth-order valence-corrected chi connectivity index (χ4v) is 3.33. The van der Waals surface area contributed by atoms with E-state index in [2.05, 4.69) is 24.8 Å². The van der Waals surface area contributed by atoms with Crippen molar-refractivity contribution in [2.24, 2.45) is 7.05 Å². The fraction of sp³-hybridized carbons (Fsp3) is 0.333. The molecule has 0 aliphatic carbocycles. The van der Waals surface area contributed by atoms with Crippen molar-refractivity contribution in [3.63, 3.8) is 0 Å². The Bertz CT molecular complexity index is 841. The highest BCUT2D eigenvalue weighted by Crippen LogP contribution is 2.25. The second-order valence-electron chi connectivity index (χ2n) is 6.24. The van der Waals surface area contributed by atoms with E-state index in [1.807, 2.05) is 43.7 Å². The Balaban J connectivity index is 1.52. The number of benzene rings is 1. The predicted molar refractivity (Wildman–Crippen MR) is 96.2 cm³/mol. The Labute approximate surface area is 151 Å². The number of piperazine rings is 1. The summed E-state index contributed by atoms with van der Waals surface area (Å²) in [6, 6.07) is 7.74. The summed E-state index contributed by atoms with van der Waals surface area (Å²) in [5.74, 6) is 1.68. The van der Waals surface area contributed by atoms with Crippen LogP contribution in [0.5, 0.6) is 0 Å². The van der Waals surface area contributed by atoms with Crippen molar-refractivity contribution < 1.29 is 4.42 Å². The minimum Gasteiger partial charge on any atom is -0.444 e. The number of hydrogen-bond acceptors (Lipinski definition) is 5. The summed E-state index contributed by atoms with van der Waals surface area (Å²) in [5.41, 5.74) is 1.85. The van der Waals surface area contributed by atoms with Crippen LogP contribution in [0.3, 0.4) is 0 Å². The zero-order valence-electron chi connectivity index (χ0n) is 14.0. The highest BCUT2D eigenvalue weighted by molar-refractivity contribution is 6.30. The Kier molecular flexibility index (Phi) is 4.57. The zero-order valence-corrected chi connectivity index (χ0v) is 14.8. The summed E-state index contributed by atoms with van der Waals surface area (Å²) >= 11 is 5.94. The normalized spacial score (nSPS) is 18.6. The number of aromatic nitrogens is 3. The predicted octanol–water partition coefficient (Wildman–Crippen LogP) is 2.88. The van der Waals surface area contributed by atoms with Gasteiger partial charge in [-0.15, -0.1) is 0 Å². The average Bonchev–Trinajstić information content (AvgIpc) is 3.25. The van der Waals surface area contributed by atoms with Gasteiger partial charge in [-0.1, -0.05) is 11.6 Å². The number of rotatable bonds is 4. The number of halogens is 1. The molecule has 1 saturated heterocycles.